The summed E-state index contributed by atoms with van der Waals surface area (Å²) in [6, 6.07) is 18.8. The highest BCUT2D eigenvalue weighted by atomic mass is 16.1. The zero-order valence-electron chi connectivity index (χ0n) is 15.7. The number of nitrogens with zero attached hydrogens (tertiary/aromatic N) is 2. The Kier molecular flexibility index (Phi) is 4.89. The van der Waals surface area contributed by atoms with E-state index in [1.807, 2.05) is 12.1 Å². The molecule has 0 bridgehead atoms. The molecule has 1 N–H and O–H groups in total. The molecule has 0 unspecified atom stereocenters. The predicted molar refractivity (Wildman–Crippen MR) is 110 cm³/mol. The number of aryl methyl sites for hydroxylation is 1. The van der Waals surface area contributed by atoms with Crippen LogP contribution in [0.4, 0.5) is 17.2 Å². The molecule has 2 aromatic carbocycles. The summed E-state index contributed by atoms with van der Waals surface area (Å²) in [6.07, 6.45) is 3.76. The highest BCUT2D eigenvalue weighted by Crippen LogP contribution is 2.32. The van der Waals surface area contributed by atoms with Crippen molar-refractivity contribution in [3.63, 3.8) is 0 Å². The van der Waals surface area contributed by atoms with Crippen molar-refractivity contribution >= 4 is 28.9 Å². The van der Waals surface area contributed by atoms with Gasteiger partial charge < -0.3 is 10.2 Å². The summed E-state index contributed by atoms with van der Waals surface area (Å²) in [7, 11) is 0. The molecule has 28 heavy (non-hydrogen) atoms. The molecule has 0 atom stereocenters. The second-order valence-corrected chi connectivity index (χ2v) is 6.88. The maximum absolute atomic E-state index is 12.7. The Morgan fingerprint density at radius 3 is 2.71 bits per heavy atom. The molecule has 0 aliphatic carbocycles. The van der Waals surface area contributed by atoms with Crippen LogP contribution < -0.4 is 10.2 Å². The SMILES string of the molecule is CC(=O)c1cccc(NC(=O)c2ccnc(N3CCCc4ccccc43)c2)c1. The number of hydrogen-bond donors (Lipinski definition) is 1. The van der Waals surface area contributed by atoms with E-state index >= 15 is 0 Å². The van der Waals surface area contributed by atoms with E-state index in [1.54, 1.807) is 36.5 Å². The molecule has 140 valence electrons. The number of pyridine rings is 1. The second kappa shape index (κ2) is 7.64. The van der Waals surface area contributed by atoms with Crippen LogP contribution in [0, 0.1) is 0 Å². The van der Waals surface area contributed by atoms with Crippen LogP contribution in [0.1, 0.15) is 39.6 Å². The lowest BCUT2D eigenvalue weighted by Gasteiger charge is -2.30. The van der Waals surface area contributed by atoms with Gasteiger partial charge in [-0.1, -0.05) is 30.3 Å². The fraction of sp³-hybridized carbons (Fsp3) is 0.174. The average molecular weight is 371 g/mol. The van der Waals surface area contributed by atoms with Crippen molar-refractivity contribution in [2.24, 2.45) is 0 Å². The maximum atomic E-state index is 12.7. The van der Waals surface area contributed by atoms with E-state index in [4.69, 9.17) is 0 Å². The molecule has 3 aromatic rings. The van der Waals surface area contributed by atoms with Crippen LogP contribution in [0.2, 0.25) is 0 Å². The molecule has 0 radical (unpaired) electrons. The van der Waals surface area contributed by atoms with Crippen LogP contribution in [-0.2, 0) is 6.42 Å². The lowest BCUT2D eigenvalue weighted by atomic mass is 10.0. The summed E-state index contributed by atoms with van der Waals surface area (Å²) < 4.78 is 0. The Hall–Kier alpha value is -3.47. The largest absolute Gasteiger partial charge is 0.326 e. The minimum Gasteiger partial charge on any atom is -0.326 e. The molecule has 0 saturated heterocycles. The molecule has 1 amide bonds. The number of rotatable bonds is 4. The van der Waals surface area contributed by atoms with Gasteiger partial charge in [0.25, 0.3) is 5.91 Å². The smallest absolute Gasteiger partial charge is 0.255 e. The lowest BCUT2D eigenvalue weighted by molar-refractivity contribution is 0.101. The van der Waals surface area contributed by atoms with Crippen molar-refractivity contribution in [3.05, 3.63) is 83.6 Å². The number of benzene rings is 2. The third-order valence-corrected chi connectivity index (χ3v) is 4.92. The number of nitrogens with one attached hydrogen (secondary N) is 1. The van der Waals surface area contributed by atoms with Gasteiger partial charge in [0, 0.05) is 35.2 Å². The molecule has 1 aromatic heterocycles. The Morgan fingerprint density at radius 1 is 1.00 bits per heavy atom. The van der Waals surface area contributed by atoms with Crippen molar-refractivity contribution in [1.29, 1.82) is 0 Å². The van der Waals surface area contributed by atoms with Crippen molar-refractivity contribution < 1.29 is 9.59 Å². The van der Waals surface area contributed by atoms with E-state index in [1.165, 1.54) is 12.5 Å². The van der Waals surface area contributed by atoms with Crippen LogP contribution >= 0.6 is 0 Å². The van der Waals surface area contributed by atoms with Gasteiger partial charge in [0.2, 0.25) is 0 Å². The number of para-hydroxylation sites is 1. The number of ketones is 1. The molecule has 1 aliphatic heterocycles. The van der Waals surface area contributed by atoms with Crippen molar-refractivity contribution in [2.75, 3.05) is 16.8 Å². The summed E-state index contributed by atoms with van der Waals surface area (Å²) in [6.45, 7) is 2.38. The topological polar surface area (TPSA) is 62.3 Å². The van der Waals surface area contributed by atoms with Gasteiger partial charge in [0.05, 0.1) is 0 Å². The first-order valence-electron chi connectivity index (χ1n) is 9.36. The van der Waals surface area contributed by atoms with Crippen LogP contribution in [0.3, 0.4) is 0 Å². The van der Waals surface area contributed by atoms with Gasteiger partial charge in [0.15, 0.2) is 5.78 Å². The third-order valence-electron chi connectivity index (χ3n) is 4.92. The number of carbonyl (C=O) groups is 2. The number of fused-ring (bicyclic) bond motifs is 1. The number of hydrogen-bond acceptors (Lipinski definition) is 4. The minimum absolute atomic E-state index is 0.0361. The van der Waals surface area contributed by atoms with Crippen LogP contribution in [0.25, 0.3) is 0 Å². The number of anilines is 3. The van der Waals surface area contributed by atoms with Gasteiger partial charge in [0.1, 0.15) is 5.82 Å². The molecule has 5 heteroatoms. The van der Waals surface area contributed by atoms with Crippen molar-refractivity contribution in [1.82, 2.24) is 4.98 Å². The molecule has 4 rings (SSSR count). The van der Waals surface area contributed by atoms with Gasteiger partial charge >= 0.3 is 0 Å². The zero-order chi connectivity index (χ0) is 19.5. The molecule has 2 heterocycles. The van der Waals surface area contributed by atoms with E-state index in [9.17, 15) is 9.59 Å². The van der Waals surface area contributed by atoms with E-state index in [-0.39, 0.29) is 11.7 Å². The number of Topliss-reactive ketones (excluding diaryl/α,β-unsaturated/α-hetero) is 1. The normalized spacial score (nSPS) is 13.0. The standard InChI is InChI=1S/C23H21N3O2/c1-16(27)18-7-4-9-20(14-18)25-23(28)19-11-12-24-22(15-19)26-13-5-8-17-6-2-3-10-21(17)26/h2-4,6-7,9-12,14-15H,5,8,13H2,1H3,(H,25,28). The zero-order valence-corrected chi connectivity index (χ0v) is 15.7. The van der Waals surface area contributed by atoms with Gasteiger partial charge in [-0.25, -0.2) is 4.98 Å². The van der Waals surface area contributed by atoms with Gasteiger partial charge in [-0.05, 0) is 55.7 Å². The van der Waals surface area contributed by atoms with Gasteiger partial charge in [-0.15, -0.1) is 0 Å². The van der Waals surface area contributed by atoms with Crippen LogP contribution in [-0.4, -0.2) is 23.2 Å². The third kappa shape index (κ3) is 3.64. The second-order valence-electron chi connectivity index (χ2n) is 6.88. The van der Waals surface area contributed by atoms with E-state index < -0.39 is 0 Å². The highest BCUT2D eigenvalue weighted by Gasteiger charge is 2.19. The Labute approximate surface area is 164 Å². The van der Waals surface area contributed by atoms with Crippen molar-refractivity contribution in [3.8, 4) is 0 Å². The fourth-order valence-electron chi connectivity index (χ4n) is 3.50. The lowest BCUT2D eigenvalue weighted by Crippen LogP contribution is -2.25. The Bertz CT molecular complexity index is 1050. The number of carbonyl (C=O) groups excluding carboxylic acids is 2. The first-order chi connectivity index (χ1) is 13.6. The molecule has 0 fully saturated rings. The molecule has 0 saturated carbocycles. The Balaban J connectivity index is 1.59. The van der Waals surface area contributed by atoms with E-state index in [0.29, 0.717) is 16.8 Å². The van der Waals surface area contributed by atoms with Crippen molar-refractivity contribution in [2.45, 2.75) is 19.8 Å². The van der Waals surface area contributed by atoms with Gasteiger partial charge in [-0.2, -0.15) is 0 Å². The fourth-order valence-corrected chi connectivity index (χ4v) is 3.50. The molecule has 0 spiro atoms. The number of aromatic nitrogens is 1. The van der Waals surface area contributed by atoms with Crippen LogP contribution in [0.15, 0.2) is 66.9 Å². The van der Waals surface area contributed by atoms with E-state index in [0.717, 1.165) is 30.9 Å². The predicted octanol–water partition coefficient (Wildman–Crippen LogP) is 4.62. The van der Waals surface area contributed by atoms with E-state index in [2.05, 4.69) is 33.4 Å². The molecule has 1 aliphatic rings. The number of amides is 1. The van der Waals surface area contributed by atoms with Gasteiger partial charge in [-0.3, -0.25) is 9.59 Å². The monoisotopic (exact) mass is 371 g/mol. The highest BCUT2D eigenvalue weighted by molar-refractivity contribution is 6.05. The molecular formula is C23H21N3O2. The van der Waals surface area contributed by atoms with Crippen LogP contribution in [0.5, 0.6) is 0 Å². The first kappa shape index (κ1) is 17.9. The molecule has 5 nitrogen and oxygen atoms in total. The summed E-state index contributed by atoms with van der Waals surface area (Å²) in [5, 5.41) is 2.87. The maximum Gasteiger partial charge on any atom is 0.255 e. The minimum atomic E-state index is -0.227. The summed E-state index contributed by atoms with van der Waals surface area (Å²) >= 11 is 0. The summed E-state index contributed by atoms with van der Waals surface area (Å²) in [4.78, 5) is 30.9. The first-order valence-corrected chi connectivity index (χ1v) is 9.36. The Morgan fingerprint density at radius 2 is 1.86 bits per heavy atom. The quantitative estimate of drug-likeness (QED) is 0.680. The summed E-state index contributed by atoms with van der Waals surface area (Å²) in [5.74, 6) is 0.498. The summed E-state index contributed by atoms with van der Waals surface area (Å²) in [5.41, 5.74) is 4.14. The molecular weight excluding hydrogens is 350 g/mol. The average Bonchev–Trinajstić information content (AvgIpc) is 2.73.